The molecule has 2 heterocycles. The van der Waals surface area contributed by atoms with Gasteiger partial charge in [0.05, 0.1) is 24.8 Å². The van der Waals surface area contributed by atoms with Crippen LogP contribution in [0.5, 0.6) is 0 Å². The minimum absolute atomic E-state index is 0.104. The predicted molar refractivity (Wildman–Crippen MR) is 91.9 cm³/mol. The Balaban J connectivity index is 1.76. The van der Waals surface area contributed by atoms with Crippen LogP contribution in [0.15, 0.2) is 18.2 Å². The standard InChI is InChI=1S/C18H25N3O3/c1-13-4-3-5-14(2)17(13)21-16(23)12-15(18(21)24)20-8-6-19(7-9-20)10-11-22/h3-5,15,22H,6-12H2,1-2H3/t15-/m0/s1. The number of carbonyl (C=O) groups is 2. The molecule has 24 heavy (non-hydrogen) atoms. The first-order valence-corrected chi connectivity index (χ1v) is 8.53. The third-order valence-electron chi connectivity index (χ3n) is 5.05. The van der Waals surface area contributed by atoms with Crippen molar-refractivity contribution >= 4 is 17.5 Å². The van der Waals surface area contributed by atoms with Gasteiger partial charge in [-0.3, -0.25) is 19.4 Å². The predicted octanol–water partition coefficient (Wildman–Crippen LogP) is 0.545. The molecule has 0 aromatic heterocycles. The van der Waals surface area contributed by atoms with E-state index in [0.29, 0.717) is 6.54 Å². The van der Waals surface area contributed by atoms with Gasteiger partial charge in [-0.25, -0.2) is 4.90 Å². The Hall–Kier alpha value is -1.76. The molecule has 2 aliphatic heterocycles. The van der Waals surface area contributed by atoms with Crippen LogP contribution < -0.4 is 4.90 Å². The van der Waals surface area contributed by atoms with E-state index in [9.17, 15) is 9.59 Å². The monoisotopic (exact) mass is 331 g/mol. The highest BCUT2D eigenvalue weighted by atomic mass is 16.3. The summed E-state index contributed by atoms with van der Waals surface area (Å²) in [5.41, 5.74) is 2.64. The molecule has 0 spiro atoms. The van der Waals surface area contributed by atoms with E-state index in [0.717, 1.165) is 43.0 Å². The molecule has 0 unspecified atom stereocenters. The fraction of sp³-hybridized carbons (Fsp3) is 0.556. The van der Waals surface area contributed by atoms with Gasteiger partial charge >= 0.3 is 0 Å². The number of carbonyl (C=O) groups excluding carboxylic acids is 2. The van der Waals surface area contributed by atoms with Crippen LogP contribution in [0, 0.1) is 13.8 Å². The molecule has 2 saturated heterocycles. The lowest BCUT2D eigenvalue weighted by atomic mass is 10.1. The van der Waals surface area contributed by atoms with Gasteiger partial charge in [0.15, 0.2) is 0 Å². The van der Waals surface area contributed by atoms with E-state index < -0.39 is 0 Å². The molecule has 0 bridgehead atoms. The molecule has 0 saturated carbocycles. The van der Waals surface area contributed by atoms with E-state index in [4.69, 9.17) is 5.11 Å². The Morgan fingerprint density at radius 3 is 2.29 bits per heavy atom. The minimum atomic E-state index is -0.354. The lowest BCUT2D eigenvalue weighted by Crippen LogP contribution is -2.53. The molecule has 2 aliphatic rings. The van der Waals surface area contributed by atoms with E-state index in [1.165, 1.54) is 4.90 Å². The maximum atomic E-state index is 12.9. The third kappa shape index (κ3) is 3.09. The van der Waals surface area contributed by atoms with Crippen molar-refractivity contribution in [3.05, 3.63) is 29.3 Å². The van der Waals surface area contributed by atoms with Crippen LogP contribution in [0.3, 0.4) is 0 Å². The van der Waals surface area contributed by atoms with Crippen molar-refractivity contribution in [3.8, 4) is 0 Å². The fourth-order valence-electron chi connectivity index (χ4n) is 3.73. The molecule has 3 rings (SSSR count). The number of piperazine rings is 1. The number of benzene rings is 1. The summed E-state index contributed by atoms with van der Waals surface area (Å²) in [6.45, 7) is 7.84. The summed E-state index contributed by atoms with van der Waals surface area (Å²) in [5.74, 6) is -0.215. The molecule has 1 aromatic rings. The average molecular weight is 331 g/mol. The molecule has 130 valence electrons. The number of nitrogens with zero attached hydrogens (tertiary/aromatic N) is 3. The molecule has 1 atom stereocenters. The second-order valence-corrected chi connectivity index (χ2v) is 6.63. The smallest absolute Gasteiger partial charge is 0.251 e. The van der Waals surface area contributed by atoms with Crippen molar-refractivity contribution < 1.29 is 14.7 Å². The first-order valence-electron chi connectivity index (χ1n) is 8.53. The number of rotatable bonds is 4. The zero-order chi connectivity index (χ0) is 17.3. The van der Waals surface area contributed by atoms with Crippen LogP contribution in [0.25, 0.3) is 0 Å². The maximum Gasteiger partial charge on any atom is 0.251 e. The lowest BCUT2D eigenvalue weighted by Gasteiger charge is -2.36. The van der Waals surface area contributed by atoms with Crippen molar-refractivity contribution in [2.45, 2.75) is 26.3 Å². The number of para-hydroxylation sites is 1. The van der Waals surface area contributed by atoms with Gasteiger partial charge in [0.2, 0.25) is 5.91 Å². The molecule has 0 radical (unpaired) electrons. The molecule has 1 N–H and O–H groups in total. The van der Waals surface area contributed by atoms with Crippen molar-refractivity contribution in [2.24, 2.45) is 0 Å². The maximum absolute atomic E-state index is 12.9. The van der Waals surface area contributed by atoms with E-state index in [2.05, 4.69) is 9.80 Å². The summed E-state index contributed by atoms with van der Waals surface area (Å²) in [4.78, 5) is 31.2. The van der Waals surface area contributed by atoms with Crippen LogP contribution in [0.4, 0.5) is 5.69 Å². The van der Waals surface area contributed by atoms with Gasteiger partial charge in [0.1, 0.15) is 0 Å². The quantitative estimate of drug-likeness (QED) is 0.816. The second-order valence-electron chi connectivity index (χ2n) is 6.63. The molecule has 6 nitrogen and oxygen atoms in total. The van der Waals surface area contributed by atoms with E-state index >= 15 is 0 Å². The van der Waals surface area contributed by atoms with Crippen LogP contribution >= 0.6 is 0 Å². The Morgan fingerprint density at radius 2 is 1.71 bits per heavy atom. The van der Waals surface area contributed by atoms with E-state index in [1.54, 1.807) is 0 Å². The van der Waals surface area contributed by atoms with Gasteiger partial charge in [0, 0.05) is 32.7 Å². The number of β-amino-alcohol motifs (C(OH)–C–C–N with tert-alkyl or cyclic N) is 1. The Bertz CT molecular complexity index is 618. The van der Waals surface area contributed by atoms with E-state index in [1.807, 2.05) is 32.0 Å². The number of hydrogen-bond donors (Lipinski definition) is 1. The zero-order valence-corrected chi connectivity index (χ0v) is 14.4. The van der Waals surface area contributed by atoms with E-state index in [-0.39, 0.29) is 30.9 Å². The molecule has 2 fully saturated rings. The van der Waals surface area contributed by atoms with Crippen LogP contribution in [-0.2, 0) is 9.59 Å². The SMILES string of the molecule is Cc1cccc(C)c1N1C(=O)C[C@H](N2CCN(CCO)CC2)C1=O. The second kappa shape index (κ2) is 7.01. The van der Waals surface area contributed by atoms with Crippen molar-refractivity contribution in [1.82, 2.24) is 9.80 Å². The minimum Gasteiger partial charge on any atom is -0.395 e. The van der Waals surface area contributed by atoms with Crippen molar-refractivity contribution in [2.75, 3.05) is 44.2 Å². The highest BCUT2D eigenvalue weighted by Gasteiger charge is 2.44. The summed E-state index contributed by atoms with van der Waals surface area (Å²) in [5, 5.41) is 9.02. The zero-order valence-electron chi connectivity index (χ0n) is 14.4. The number of aliphatic hydroxyl groups excluding tert-OH is 1. The largest absolute Gasteiger partial charge is 0.395 e. The normalized spacial score (nSPS) is 23.3. The highest BCUT2D eigenvalue weighted by Crippen LogP contribution is 2.31. The van der Waals surface area contributed by atoms with Crippen LogP contribution in [0.2, 0.25) is 0 Å². The molecular weight excluding hydrogens is 306 g/mol. The molecule has 1 aromatic carbocycles. The molecule has 2 amide bonds. The molecular formula is C18H25N3O3. The summed E-state index contributed by atoms with van der Waals surface area (Å²) in [6, 6.07) is 5.46. The van der Waals surface area contributed by atoms with Gasteiger partial charge in [-0.05, 0) is 25.0 Å². The van der Waals surface area contributed by atoms with Gasteiger partial charge in [-0.2, -0.15) is 0 Å². The topological polar surface area (TPSA) is 64.1 Å². The van der Waals surface area contributed by atoms with Crippen LogP contribution in [0.1, 0.15) is 17.5 Å². The number of amides is 2. The summed E-state index contributed by atoms with van der Waals surface area (Å²) in [7, 11) is 0. The number of aliphatic hydroxyl groups is 1. The summed E-state index contributed by atoms with van der Waals surface area (Å²) < 4.78 is 0. The Morgan fingerprint density at radius 1 is 1.08 bits per heavy atom. The average Bonchev–Trinajstić information content (AvgIpc) is 2.84. The lowest BCUT2D eigenvalue weighted by molar-refractivity contribution is -0.123. The molecule has 0 aliphatic carbocycles. The Labute approximate surface area is 142 Å². The third-order valence-corrected chi connectivity index (χ3v) is 5.05. The number of anilines is 1. The number of imide groups is 1. The van der Waals surface area contributed by atoms with Gasteiger partial charge in [0.25, 0.3) is 5.91 Å². The molecule has 6 heteroatoms. The summed E-state index contributed by atoms with van der Waals surface area (Å²) >= 11 is 0. The fourth-order valence-corrected chi connectivity index (χ4v) is 3.73. The first-order chi connectivity index (χ1) is 11.5. The van der Waals surface area contributed by atoms with Gasteiger partial charge in [-0.15, -0.1) is 0 Å². The summed E-state index contributed by atoms with van der Waals surface area (Å²) in [6.07, 6.45) is 0.257. The van der Waals surface area contributed by atoms with Gasteiger partial charge in [-0.1, -0.05) is 18.2 Å². The number of aryl methyl sites for hydroxylation is 2. The Kier molecular flexibility index (Phi) is 4.99. The first kappa shape index (κ1) is 17.1. The van der Waals surface area contributed by atoms with Crippen LogP contribution in [-0.4, -0.2) is 72.1 Å². The van der Waals surface area contributed by atoms with Crippen molar-refractivity contribution in [3.63, 3.8) is 0 Å². The number of hydrogen-bond acceptors (Lipinski definition) is 5. The highest BCUT2D eigenvalue weighted by molar-refractivity contribution is 6.23. The van der Waals surface area contributed by atoms with Crippen molar-refractivity contribution in [1.29, 1.82) is 0 Å². The van der Waals surface area contributed by atoms with Gasteiger partial charge < -0.3 is 5.11 Å².